The van der Waals surface area contributed by atoms with Crippen LogP contribution in [0.2, 0.25) is 0 Å². The molecule has 1 rings (SSSR count). The fourth-order valence-electron chi connectivity index (χ4n) is 1.22. The van der Waals surface area contributed by atoms with Crippen molar-refractivity contribution in [3.8, 4) is 0 Å². The van der Waals surface area contributed by atoms with Gasteiger partial charge in [-0.3, -0.25) is 4.90 Å². The van der Waals surface area contributed by atoms with Crippen molar-refractivity contribution in [3.63, 3.8) is 0 Å². The standard InChI is InChI=1S/C8H16N2.NO3/c1-3-4-5-10-7-6-9(2)8-10;2-1(3)4/h6-7H,3-5,8H2,1-2H3;/q;-1/p+1. The van der Waals surface area contributed by atoms with E-state index in [4.69, 9.17) is 15.3 Å². The normalized spacial score (nSPS) is 19.0. The topological polar surface area (TPSA) is 73.9 Å². The van der Waals surface area contributed by atoms with Gasteiger partial charge in [0.2, 0.25) is 0 Å². The first-order chi connectivity index (χ1) is 6.56. The summed E-state index contributed by atoms with van der Waals surface area (Å²) in [6.45, 7) is 4.68. The van der Waals surface area contributed by atoms with Crippen molar-refractivity contribution in [2.24, 2.45) is 0 Å². The van der Waals surface area contributed by atoms with E-state index in [9.17, 15) is 0 Å². The molecule has 1 heterocycles. The number of unbranched alkanes of at least 4 members (excludes halogenated alkanes) is 1. The molecule has 0 radical (unpaired) electrons. The molecule has 6 heteroatoms. The zero-order valence-electron chi connectivity index (χ0n) is 8.60. The van der Waals surface area contributed by atoms with Crippen molar-refractivity contribution in [1.82, 2.24) is 4.90 Å². The highest BCUT2D eigenvalue weighted by Gasteiger charge is 2.11. The molecule has 0 aliphatic carbocycles. The molecule has 0 amide bonds. The van der Waals surface area contributed by atoms with E-state index in [2.05, 4.69) is 31.3 Å². The molecule has 0 saturated heterocycles. The van der Waals surface area contributed by atoms with Gasteiger partial charge in [0.05, 0.1) is 17.8 Å². The number of quaternary nitrogens is 1. The largest absolute Gasteiger partial charge is 0.356 e. The van der Waals surface area contributed by atoms with Gasteiger partial charge in [-0.15, -0.1) is 0 Å². The highest BCUT2D eigenvalue weighted by Crippen LogP contribution is 1.85. The SMILES string of the molecule is CCCC[NH+]1C=CN(C)C1.O=[N+]([O-])[O-]. The van der Waals surface area contributed by atoms with Gasteiger partial charge in [0, 0.05) is 7.05 Å². The van der Waals surface area contributed by atoms with Gasteiger partial charge in [-0.1, -0.05) is 13.3 Å². The number of nitrogens with zero attached hydrogens (tertiary/aromatic N) is 2. The lowest BCUT2D eigenvalue weighted by Gasteiger charge is -2.11. The van der Waals surface area contributed by atoms with Gasteiger partial charge in [-0.25, -0.2) is 0 Å². The van der Waals surface area contributed by atoms with Crippen LogP contribution in [0.1, 0.15) is 19.8 Å². The van der Waals surface area contributed by atoms with E-state index >= 15 is 0 Å². The van der Waals surface area contributed by atoms with Crippen molar-refractivity contribution < 1.29 is 9.99 Å². The Morgan fingerprint density at radius 3 is 2.50 bits per heavy atom. The fourth-order valence-corrected chi connectivity index (χ4v) is 1.22. The minimum Gasteiger partial charge on any atom is -0.356 e. The zero-order valence-corrected chi connectivity index (χ0v) is 8.60. The van der Waals surface area contributed by atoms with Crippen LogP contribution in [0.25, 0.3) is 0 Å². The highest BCUT2D eigenvalue weighted by atomic mass is 16.9. The number of nitrogens with one attached hydrogen (secondary N) is 1. The van der Waals surface area contributed by atoms with E-state index in [1.54, 1.807) is 4.90 Å². The average molecular weight is 203 g/mol. The second-order valence-corrected chi connectivity index (χ2v) is 3.22. The van der Waals surface area contributed by atoms with E-state index in [1.807, 2.05) is 0 Å². The monoisotopic (exact) mass is 203 g/mol. The summed E-state index contributed by atoms with van der Waals surface area (Å²) in [5.41, 5.74) is 0. The van der Waals surface area contributed by atoms with Gasteiger partial charge in [0.15, 0.2) is 6.67 Å². The summed E-state index contributed by atoms with van der Waals surface area (Å²) >= 11 is 0. The third-order valence-electron chi connectivity index (χ3n) is 1.87. The molecule has 1 aliphatic rings. The van der Waals surface area contributed by atoms with Gasteiger partial charge >= 0.3 is 0 Å². The summed E-state index contributed by atoms with van der Waals surface area (Å²) < 4.78 is 0. The molecule has 6 nitrogen and oxygen atoms in total. The summed E-state index contributed by atoms with van der Waals surface area (Å²) in [5.74, 6) is 0. The quantitative estimate of drug-likeness (QED) is 0.509. The van der Waals surface area contributed by atoms with E-state index in [0.29, 0.717) is 0 Å². The Morgan fingerprint density at radius 1 is 1.57 bits per heavy atom. The van der Waals surface area contributed by atoms with Gasteiger partial charge in [0.25, 0.3) is 0 Å². The Bertz CT molecular complexity index is 192. The van der Waals surface area contributed by atoms with Crippen LogP contribution in [0.5, 0.6) is 0 Å². The molecule has 0 saturated carbocycles. The number of rotatable bonds is 3. The minimum absolute atomic E-state index is 1.15. The maximum absolute atomic E-state index is 8.25. The molecule has 1 aliphatic heterocycles. The Labute approximate surface area is 83.5 Å². The van der Waals surface area contributed by atoms with Gasteiger partial charge in [0.1, 0.15) is 6.20 Å². The first kappa shape index (κ1) is 12.7. The molecule has 0 aromatic heterocycles. The summed E-state index contributed by atoms with van der Waals surface area (Å²) in [5, 5.41) is 14.8. The van der Waals surface area contributed by atoms with Crippen molar-refractivity contribution in [3.05, 3.63) is 27.7 Å². The molecule has 0 spiro atoms. The number of hydrogen-bond acceptors (Lipinski definition) is 4. The summed E-state index contributed by atoms with van der Waals surface area (Å²) in [6, 6.07) is 0. The summed E-state index contributed by atoms with van der Waals surface area (Å²) in [6.07, 6.45) is 7.05. The van der Waals surface area contributed by atoms with Crippen molar-refractivity contribution in [1.29, 1.82) is 0 Å². The molecule has 82 valence electrons. The Hall–Kier alpha value is -1.30. The van der Waals surface area contributed by atoms with Crippen LogP contribution in [0.4, 0.5) is 0 Å². The molecule has 14 heavy (non-hydrogen) atoms. The molecule has 1 unspecified atom stereocenters. The second kappa shape index (κ2) is 7.14. The molecule has 1 atom stereocenters. The Morgan fingerprint density at radius 2 is 2.14 bits per heavy atom. The molecule has 0 aromatic carbocycles. The Kier molecular flexibility index (Phi) is 6.47. The summed E-state index contributed by atoms with van der Waals surface area (Å²) in [4.78, 5) is 12.1. The lowest BCUT2D eigenvalue weighted by atomic mass is 10.3. The van der Waals surface area contributed by atoms with E-state index in [-0.39, 0.29) is 0 Å². The zero-order chi connectivity index (χ0) is 11.0. The molecule has 0 aromatic rings. The molecule has 0 fully saturated rings. The van der Waals surface area contributed by atoms with E-state index < -0.39 is 5.09 Å². The van der Waals surface area contributed by atoms with Gasteiger partial charge < -0.3 is 20.2 Å². The predicted octanol–water partition coefficient (Wildman–Crippen LogP) is -0.194. The summed E-state index contributed by atoms with van der Waals surface area (Å²) in [7, 11) is 2.12. The molecular weight excluding hydrogens is 186 g/mol. The van der Waals surface area contributed by atoms with Crippen molar-refractivity contribution in [2.45, 2.75) is 19.8 Å². The number of hydrogen-bond donors (Lipinski definition) is 1. The minimum atomic E-state index is -1.75. The van der Waals surface area contributed by atoms with Crippen molar-refractivity contribution in [2.75, 3.05) is 20.3 Å². The first-order valence-electron chi connectivity index (χ1n) is 4.61. The second-order valence-electron chi connectivity index (χ2n) is 3.22. The molecular formula is C8H17N3O3. The average Bonchev–Trinajstić information content (AvgIpc) is 2.47. The molecule has 0 bridgehead atoms. The van der Waals surface area contributed by atoms with Crippen LogP contribution < -0.4 is 4.90 Å². The van der Waals surface area contributed by atoms with Crippen LogP contribution in [-0.2, 0) is 0 Å². The lowest BCUT2D eigenvalue weighted by Crippen LogP contribution is -3.07. The van der Waals surface area contributed by atoms with Crippen LogP contribution in [0, 0.1) is 15.3 Å². The predicted molar refractivity (Wildman–Crippen MR) is 52.9 cm³/mol. The van der Waals surface area contributed by atoms with E-state index in [1.165, 1.54) is 19.4 Å². The lowest BCUT2D eigenvalue weighted by molar-refractivity contribution is -0.848. The van der Waals surface area contributed by atoms with Crippen LogP contribution in [-0.4, -0.2) is 30.2 Å². The maximum atomic E-state index is 8.25. The maximum Gasteiger partial charge on any atom is 0.156 e. The third-order valence-corrected chi connectivity index (χ3v) is 1.87. The smallest absolute Gasteiger partial charge is 0.156 e. The van der Waals surface area contributed by atoms with Crippen LogP contribution in [0.15, 0.2) is 12.4 Å². The molecule has 1 N–H and O–H groups in total. The Balaban J connectivity index is 0.000000364. The van der Waals surface area contributed by atoms with E-state index in [0.717, 1.165) is 6.67 Å². The van der Waals surface area contributed by atoms with Gasteiger partial charge in [-0.05, 0) is 6.42 Å². The third kappa shape index (κ3) is 7.35. The van der Waals surface area contributed by atoms with Crippen LogP contribution >= 0.6 is 0 Å². The van der Waals surface area contributed by atoms with Crippen molar-refractivity contribution >= 4 is 0 Å². The highest BCUT2D eigenvalue weighted by molar-refractivity contribution is 4.74. The van der Waals surface area contributed by atoms with Crippen LogP contribution in [0.3, 0.4) is 0 Å². The first-order valence-corrected chi connectivity index (χ1v) is 4.61. The fraction of sp³-hybridized carbons (Fsp3) is 0.750. The van der Waals surface area contributed by atoms with Gasteiger partial charge in [-0.2, -0.15) is 0 Å².